The smallest absolute Gasteiger partial charge is 0.329 e. The van der Waals surface area contributed by atoms with Gasteiger partial charge in [0.15, 0.2) is 0 Å². The van der Waals surface area contributed by atoms with Crippen LogP contribution in [0.3, 0.4) is 0 Å². The molecule has 1 amide bonds. The number of amides is 1. The van der Waals surface area contributed by atoms with Gasteiger partial charge in [0.05, 0.1) is 16.7 Å². The van der Waals surface area contributed by atoms with Crippen molar-refractivity contribution in [1.29, 1.82) is 0 Å². The number of carbonyl (C=O) groups excluding carboxylic acids is 2. The molecule has 0 bridgehead atoms. The fraction of sp³-hybridized carbons (Fsp3) is 0.462. The fourth-order valence-corrected chi connectivity index (χ4v) is 3.23. The molecule has 1 atom stereocenters. The molecule has 122 valence electrons. The van der Waals surface area contributed by atoms with Crippen molar-refractivity contribution in [2.75, 3.05) is 13.7 Å². The Morgan fingerprint density at radius 3 is 2.59 bits per heavy atom. The van der Waals surface area contributed by atoms with Gasteiger partial charge in [0, 0.05) is 18.9 Å². The van der Waals surface area contributed by atoms with E-state index in [1.165, 1.54) is 25.4 Å². The topological polar surface area (TPSA) is 77.0 Å². The van der Waals surface area contributed by atoms with Gasteiger partial charge < -0.3 is 14.9 Å². The molecule has 22 heavy (non-hydrogen) atoms. The lowest BCUT2D eigenvalue weighted by atomic mass is 10.1. The molecule has 0 fully saturated rings. The van der Waals surface area contributed by atoms with Gasteiger partial charge in [-0.1, -0.05) is 28.4 Å². The van der Waals surface area contributed by atoms with Crippen LogP contribution in [-0.2, 0) is 19.2 Å². The van der Waals surface area contributed by atoms with Gasteiger partial charge in [-0.25, -0.2) is 4.79 Å². The number of nitrogens with one attached hydrogen (secondary N) is 1. The number of hydrogen-bond donors (Lipinski definition) is 1. The maximum Gasteiger partial charge on any atom is 0.329 e. The van der Waals surface area contributed by atoms with Crippen LogP contribution in [0.25, 0.3) is 0 Å². The van der Waals surface area contributed by atoms with E-state index in [2.05, 4.69) is 10.5 Å². The number of oxime groups is 1. The summed E-state index contributed by atoms with van der Waals surface area (Å²) in [5, 5.41) is 6.41. The molecule has 1 heterocycles. The molecule has 0 aliphatic rings. The van der Waals surface area contributed by atoms with Crippen LogP contribution < -0.4 is 5.32 Å². The molecule has 0 saturated carbocycles. The summed E-state index contributed by atoms with van der Waals surface area (Å²) in [5.41, 5.74) is 0.945. The molecule has 0 aromatic carbocycles. The molecule has 0 aliphatic carbocycles. The Balaban J connectivity index is 3.04. The van der Waals surface area contributed by atoms with E-state index in [9.17, 15) is 9.59 Å². The second-order valence-electron chi connectivity index (χ2n) is 4.17. The molecule has 9 heteroatoms. The molecule has 0 spiro atoms. The highest BCUT2D eigenvalue weighted by molar-refractivity contribution is 7.20. The summed E-state index contributed by atoms with van der Waals surface area (Å²) in [6, 6.07) is 0.739. The van der Waals surface area contributed by atoms with Gasteiger partial charge in [-0.3, -0.25) is 4.79 Å². The van der Waals surface area contributed by atoms with E-state index in [4.69, 9.17) is 32.8 Å². The molecule has 0 aliphatic heterocycles. The lowest BCUT2D eigenvalue weighted by Gasteiger charge is -2.17. The van der Waals surface area contributed by atoms with Crippen molar-refractivity contribution < 1.29 is 19.2 Å². The average molecular weight is 367 g/mol. The Labute approximate surface area is 142 Å². The van der Waals surface area contributed by atoms with Crippen LogP contribution >= 0.6 is 34.5 Å². The third-order valence-electron chi connectivity index (χ3n) is 2.52. The summed E-state index contributed by atoms with van der Waals surface area (Å²) in [6.07, 6.45) is 0.0685. The van der Waals surface area contributed by atoms with E-state index in [0.29, 0.717) is 19.9 Å². The molecule has 0 saturated heterocycles. The average Bonchev–Trinajstić information content (AvgIpc) is 2.76. The third-order valence-corrected chi connectivity index (χ3v) is 4.00. The van der Waals surface area contributed by atoms with Crippen molar-refractivity contribution in [2.24, 2.45) is 5.16 Å². The zero-order valence-corrected chi connectivity index (χ0v) is 14.6. The number of halogens is 2. The monoisotopic (exact) mass is 366 g/mol. The number of ether oxygens (including phenoxy) is 1. The first-order valence-electron chi connectivity index (χ1n) is 6.38. The SMILES string of the molecule is CCOC(=O)C(CC(=NOC)c1cc(Cl)sc1Cl)NC(C)=O. The Morgan fingerprint density at radius 1 is 1.45 bits per heavy atom. The summed E-state index contributed by atoms with van der Waals surface area (Å²) >= 11 is 13.2. The van der Waals surface area contributed by atoms with Gasteiger partial charge in [-0.15, -0.1) is 11.3 Å². The zero-order valence-electron chi connectivity index (χ0n) is 12.3. The largest absolute Gasteiger partial charge is 0.464 e. The fourth-order valence-electron chi connectivity index (χ4n) is 1.72. The predicted molar refractivity (Wildman–Crippen MR) is 86.7 cm³/mol. The van der Waals surface area contributed by atoms with Crippen LogP contribution in [0.2, 0.25) is 8.67 Å². The summed E-state index contributed by atoms with van der Waals surface area (Å²) in [5.74, 6) is -0.914. The van der Waals surface area contributed by atoms with Crippen molar-refractivity contribution in [3.05, 3.63) is 20.3 Å². The first-order valence-corrected chi connectivity index (χ1v) is 7.95. The second kappa shape index (κ2) is 8.97. The van der Waals surface area contributed by atoms with Crippen LogP contribution in [0.1, 0.15) is 25.8 Å². The van der Waals surface area contributed by atoms with E-state index in [1.807, 2.05) is 0 Å². The van der Waals surface area contributed by atoms with Gasteiger partial charge in [0.25, 0.3) is 0 Å². The normalized spacial score (nSPS) is 12.7. The van der Waals surface area contributed by atoms with Gasteiger partial charge in [0.1, 0.15) is 17.5 Å². The maximum absolute atomic E-state index is 12.0. The molecular formula is C13H16Cl2N2O4S. The number of rotatable bonds is 7. The van der Waals surface area contributed by atoms with Crippen LogP contribution in [-0.4, -0.2) is 37.3 Å². The zero-order chi connectivity index (χ0) is 16.7. The van der Waals surface area contributed by atoms with Gasteiger partial charge in [-0.05, 0) is 13.0 Å². The Hall–Kier alpha value is -1.31. The van der Waals surface area contributed by atoms with Gasteiger partial charge in [-0.2, -0.15) is 0 Å². The van der Waals surface area contributed by atoms with E-state index >= 15 is 0 Å². The Bertz CT molecular complexity index is 574. The highest BCUT2D eigenvalue weighted by Gasteiger charge is 2.25. The van der Waals surface area contributed by atoms with Crippen molar-refractivity contribution in [2.45, 2.75) is 26.3 Å². The summed E-state index contributed by atoms with van der Waals surface area (Å²) in [7, 11) is 1.37. The molecular weight excluding hydrogens is 351 g/mol. The lowest BCUT2D eigenvalue weighted by molar-refractivity contribution is -0.147. The van der Waals surface area contributed by atoms with E-state index in [1.54, 1.807) is 13.0 Å². The molecule has 1 aromatic rings. The van der Waals surface area contributed by atoms with Crippen LogP contribution in [0.4, 0.5) is 0 Å². The van der Waals surface area contributed by atoms with Crippen LogP contribution in [0.15, 0.2) is 11.2 Å². The molecule has 1 unspecified atom stereocenters. The first-order chi connectivity index (χ1) is 10.4. The van der Waals surface area contributed by atoms with Gasteiger partial charge in [0.2, 0.25) is 5.91 Å². The summed E-state index contributed by atoms with van der Waals surface area (Å²) < 4.78 is 5.85. The van der Waals surface area contributed by atoms with Crippen molar-refractivity contribution >= 4 is 52.1 Å². The number of esters is 1. The Morgan fingerprint density at radius 2 is 2.14 bits per heavy atom. The predicted octanol–water partition coefficient (Wildman–Crippen LogP) is 2.86. The van der Waals surface area contributed by atoms with E-state index in [0.717, 1.165) is 0 Å². The summed E-state index contributed by atoms with van der Waals surface area (Å²) in [6.45, 7) is 3.20. The minimum Gasteiger partial charge on any atom is -0.464 e. The molecule has 1 rings (SSSR count). The van der Waals surface area contributed by atoms with Crippen LogP contribution in [0, 0.1) is 0 Å². The molecule has 1 N–H and O–H groups in total. The van der Waals surface area contributed by atoms with Gasteiger partial charge >= 0.3 is 5.97 Å². The highest BCUT2D eigenvalue weighted by atomic mass is 35.5. The number of nitrogens with zero attached hydrogens (tertiary/aromatic N) is 1. The van der Waals surface area contributed by atoms with Crippen molar-refractivity contribution in [3.8, 4) is 0 Å². The maximum atomic E-state index is 12.0. The van der Waals surface area contributed by atoms with Crippen molar-refractivity contribution in [1.82, 2.24) is 5.32 Å². The van der Waals surface area contributed by atoms with E-state index in [-0.39, 0.29) is 18.9 Å². The number of thiophene rings is 1. The van der Waals surface area contributed by atoms with E-state index < -0.39 is 12.0 Å². The number of hydrogen-bond acceptors (Lipinski definition) is 6. The summed E-state index contributed by atoms with van der Waals surface area (Å²) in [4.78, 5) is 28.0. The minimum atomic E-state index is -0.888. The standard InChI is InChI=1S/C13H16Cl2N2O4S/c1-4-21-13(19)10(16-7(2)18)6-9(17-20-3)8-5-11(14)22-12(8)15/h5,10H,4,6H2,1-3H3,(H,16,18). The Kier molecular flexibility index (Phi) is 7.64. The molecule has 0 radical (unpaired) electrons. The highest BCUT2D eigenvalue weighted by Crippen LogP contribution is 2.32. The minimum absolute atomic E-state index is 0.0685. The second-order valence-corrected chi connectivity index (χ2v) is 6.45. The third kappa shape index (κ3) is 5.47. The van der Waals surface area contributed by atoms with Crippen LogP contribution in [0.5, 0.6) is 0 Å². The molecule has 6 nitrogen and oxygen atoms in total. The first kappa shape index (κ1) is 18.7. The molecule has 1 aromatic heterocycles. The van der Waals surface area contributed by atoms with Crippen molar-refractivity contribution in [3.63, 3.8) is 0 Å². The lowest BCUT2D eigenvalue weighted by Crippen LogP contribution is -2.42. The number of carbonyl (C=O) groups is 2. The quantitative estimate of drug-likeness (QED) is 0.457.